The Balaban J connectivity index is 1.56. The molecule has 0 atom stereocenters. The van der Waals surface area contributed by atoms with Gasteiger partial charge in [0.2, 0.25) is 0 Å². The molecule has 1 fully saturated rings. The number of fused-ring (bicyclic) bond motifs is 3. The van der Waals surface area contributed by atoms with Crippen LogP contribution in [0.4, 0.5) is 4.79 Å². The van der Waals surface area contributed by atoms with Crippen LogP contribution in [0.15, 0.2) is 36.4 Å². The fourth-order valence-corrected chi connectivity index (χ4v) is 5.56. The topological polar surface area (TPSA) is 47.4 Å². The van der Waals surface area contributed by atoms with E-state index in [1.165, 1.54) is 72.8 Å². The highest BCUT2D eigenvalue weighted by Gasteiger charge is 2.27. The number of hydrogen-bond acceptors (Lipinski definition) is 3. The summed E-state index contributed by atoms with van der Waals surface area (Å²) in [6.45, 7) is 4.42. The van der Waals surface area contributed by atoms with E-state index in [-0.39, 0.29) is 6.09 Å². The first-order valence-electron chi connectivity index (χ1n) is 12.0. The lowest BCUT2D eigenvalue weighted by atomic mass is 9.88. The predicted octanol–water partition coefficient (Wildman–Crippen LogP) is 5.76. The molecule has 2 aromatic carbocycles. The highest BCUT2D eigenvalue weighted by atomic mass is 16.5. The van der Waals surface area contributed by atoms with Crippen molar-refractivity contribution in [1.82, 2.24) is 14.5 Å². The summed E-state index contributed by atoms with van der Waals surface area (Å²) in [5.74, 6) is 1.78. The Labute approximate surface area is 190 Å². The first-order valence-corrected chi connectivity index (χ1v) is 12.0. The molecule has 1 amide bonds. The fourth-order valence-electron chi connectivity index (χ4n) is 5.56. The van der Waals surface area contributed by atoms with Crippen LogP contribution >= 0.6 is 0 Å². The van der Waals surface area contributed by atoms with Crippen LogP contribution < -0.4 is 0 Å². The zero-order valence-corrected chi connectivity index (χ0v) is 19.3. The first kappa shape index (κ1) is 21.0. The Morgan fingerprint density at radius 2 is 1.94 bits per heavy atom. The minimum absolute atomic E-state index is 0.251. The second-order valence-corrected chi connectivity index (χ2v) is 9.35. The van der Waals surface area contributed by atoms with E-state index in [0.29, 0.717) is 19.0 Å². The SMILES string of the molecule is COC(=O)N1CCc2ccc3c(nc(C4CCCCC4)n3CCc3ccccc3C)c2C1. The number of aromatic nitrogens is 2. The zero-order valence-electron chi connectivity index (χ0n) is 19.3. The highest BCUT2D eigenvalue weighted by molar-refractivity contribution is 5.82. The number of imidazole rings is 1. The number of methoxy groups -OCH3 is 1. The van der Waals surface area contributed by atoms with Crippen molar-refractivity contribution in [1.29, 1.82) is 0 Å². The van der Waals surface area contributed by atoms with Crippen LogP contribution in [0.5, 0.6) is 0 Å². The second-order valence-electron chi connectivity index (χ2n) is 9.35. The first-order chi connectivity index (χ1) is 15.7. The van der Waals surface area contributed by atoms with Gasteiger partial charge in [0, 0.05) is 24.6 Å². The molecule has 2 heterocycles. The van der Waals surface area contributed by atoms with Gasteiger partial charge in [-0.15, -0.1) is 0 Å². The van der Waals surface area contributed by atoms with Crippen LogP contribution in [0.3, 0.4) is 0 Å². The number of carbonyl (C=O) groups excluding carboxylic acids is 1. The normalized spacial score (nSPS) is 16.9. The van der Waals surface area contributed by atoms with E-state index in [0.717, 1.165) is 24.9 Å². The lowest BCUT2D eigenvalue weighted by molar-refractivity contribution is 0.119. The molecule has 1 aliphatic heterocycles. The average molecular weight is 432 g/mol. The van der Waals surface area contributed by atoms with E-state index in [9.17, 15) is 4.79 Å². The van der Waals surface area contributed by atoms with E-state index in [4.69, 9.17) is 9.72 Å². The summed E-state index contributed by atoms with van der Waals surface area (Å²) in [6, 6.07) is 13.2. The van der Waals surface area contributed by atoms with E-state index < -0.39 is 0 Å². The Hall–Kier alpha value is -2.82. The van der Waals surface area contributed by atoms with Crippen molar-refractivity contribution in [2.24, 2.45) is 0 Å². The molecule has 0 unspecified atom stereocenters. The quantitative estimate of drug-likeness (QED) is 0.528. The molecule has 5 nitrogen and oxygen atoms in total. The maximum Gasteiger partial charge on any atom is 0.409 e. The Bertz CT molecular complexity index is 1130. The summed E-state index contributed by atoms with van der Waals surface area (Å²) in [4.78, 5) is 19.3. The molecule has 0 spiro atoms. The van der Waals surface area contributed by atoms with E-state index in [2.05, 4.69) is 47.9 Å². The van der Waals surface area contributed by atoms with Gasteiger partial charge in [-0.2, -0.15) is 0 Å². The van der Waals surface area contributed by atoms with E-state index in [1.54, 1.807) is 4.90 Å². The van der Waals surface area contributed by atoms with Gasteiger partial charge >= 0.3 is 6.09 Å². The smallest absolute Gasteiger partial charge is 0.409 e. The van der Waals surface area contributed by atoms with E-state index >= 15 is 0 Å². The molecule has 168 valence electrons. The second kappa shape index (κ2) is 8.97. The van der Waals surface area contributed by atoms with Crippen LogP contribution in [0, 0.1) is 6.92 Å². The molecule has 0 N–H and O–H groups in total. The van der Waals surface area contributed by atoms with Crippen molar-refractivity contribution < 1.29 is 9.53 Å². The molecule has 1 aliphatic carbocycles. The lowest BCUT2D eigenvalue weighted by Crippen LogP contribution is -2.35. The standard InChI is InChI=1S/C27H33N3O2/c1-19-8-6-7-9-20(19)15-17-30-24-13-12-21-14-16-29(27(31)32-2)18-23(21)25(24)28-26(30)22-10-4-3-5-11-22/h6-9,12-13,22H,3-5,10-11,14-18H2,1-2H3. The molecule has 5 rings (SSSR count). The lowest BCUT2D eigenvalue weighted by Gasteiger charge is -2.27. The van der Waals surface area contributed by atoms with Crippen LogP contribution in [0.1, 0.15) is 66.1 Å². The molecule has 2 aliphatic rings. The maximum absolute atomic E-state index is 12.2. The number of nitrogens with zero attached hydrogens (tertiary/aromatic N) is 3. The summed E-state index contributed by atoms with van der Waals surface area (Å²) >= 11 is 0. The number of amides is 1. The third-order valence-corrected chi connectivity index (χ3v) is 7.42. The monoisotopic (exact) mass is 431 g/mol. The third kappa shape index (κ3) is 3.89. The molecule has 3 aromatic rings. The summed E-state index contributed by atoms with van der Waals surface area (Å²) in [7, 11) is 1.46. The van der Waals surface area contributed by atoms with Crippen molar-refractivity contribution in [3.63, 3.8) is 0 Å². The van der Waals surface area contributed by atoms with Gasteiger partial charge in [0.05, 0.1) is 24.7 Å². The molecule has 0 saturated heterocycles. The van der Waals surface area contributed by atoms with Crippen molar-refractivity contribution >= 4 is 17.1 Å². The van der Waals surface area contributed by atoms with Gasteiger partial charge < -0.3 is 14.2 Å². The maximum atomic E-state index is 12.2. The number of aryl methyl sites for hydroxylation is 3. The van der Waals surface area contributed by atoms with Crippen LogP contribution in [0.25, 0.3) is 11.0 Å². The Morgan fingerprint density at radius 3 is 2.72 bits per heavy atom. The van der Waals surface area contributed by atoms with Crippen molar-refractivity contribution in [2.45, 2.75) is 70.9 Å². The molecule has 5 heteroatoms. The number of ether oxygens (including phenoxy) is 1. The average Bonchev–Trinajstić information content (AvgIpc) is 3.22. The van der Waals surface area contributed by atoms with Gasteiger partial charge in [-0.05, 0) is 55.4 Å². The number of benzene rings is 2. The number of carbonyl (C=O) groups is 1. The summed E-state index contributed by atoms with van der Waals surface area (Å²) in [6.07, 6.45) is 7.98. The van der Waals surface area contributed by atoms with Gasteiger partial charge in [-0.1, -0.05) is 49.6 Å². The predicted molar refractivity (Wildman–Crippen MR) is 127 cm³/mol. The Morgan fingerprint density at radius 1 is 1.12 bits per heavy atom. The molecule has 32 heavy (non-hydrogen) atoms. The molecular formula is C27H33N3O2. The summed E-state index contributed by atoms with van der Waals surface area (Å²) < 4.78 is 7.48. The van der Waals surface area contributed by atoms with Crippen LogP contribution in [-0.4, -0.2) is 34.2 Å². The molecular weight excluding hydrogens is 398 g/mol. The molecule has 1 saturated carbocycles. The highest BCUT2D eigenvalue weighted by Crippen LogP contribution is 2.36. The van der Waals surface area contributed by atoms with Crippen LogP contribution in [0.2, 0.25) is 0 Å². The molecule has 0 radical (unpaired) electrons. The molecule has 0 bridgehead atoms. The van der Waals surface area contributed by atoms with Gasteiger partial charge in [0.15, 0.2) is 0 Å². The van der Waals surface area contributed by atoms with Gasteiger partial charge in [0.25, 0.3) is 0 Å². The molecule has 1 aromatic heterocycles. The van der Waals surface area contributed by atoms with Gasteiger partial charge in [0.1, 0.15) is 5.82 Å². The minimum atomic E-state index is -0.251. The van der Waals surface area contributed by atoms with Gasteiger partial charge in [-0.25, -0.2) is 9.78 Å². The van der Waals surface area contributed by atoms with Crippen molar-refractivity contribution in [3.05, 3.63) is 64.5 Å². The third-order valence-electron chi connectivity index (χ3n) is 7.42. The van der Waals surface area contributed by atoms with Gasteiger partial charge in [-0.3, -0.25) is 0 Å². The largest absolute Gasteiger partial charge is 0.453 e. The Kier molecular flexibility index (Phi) is 5.90. The van der Waals surface area contributed by atoms with E-state index in [1.807, 2.05) is 0 Å². The zero-order chi connectivity index (χ0) is 22.1. The number of hydrogen-bond donors (Lipinski definition) is 0. The fraction of sp³-hybridized carbons (Fsp3) is 0.481. The number of rotatable bonds is 4. The minimum Gasteiger partial charge on any atom is -0.453 e. The summed E-state index contributed by atoms with van der Waals surface area (Å²) in [5, 5.41) is 0. The van der Waals surface area contributed by atoms with Crippen molar-refractivity contribution in [3.8, 4) is 0 Å². The summed E-state index contributed by atoms with van der Waals surface area (Å²) in [5.41, 5.74) is 7.56. The van der Waals surface area contributed by atoms with Crippen LogP contribution in [-0.2, 0) is 30.7 Å². The van der Waals surface area contributed by atoms with Crippen molar-refractivity contribution in [2.75, 3.05) is 13.7 Å².